The molecule has 0 aliphatic carbocycles. The predicted molar refractivity (Wildman–Crippen MR) is 134 cm³/mol. The number of fused-ring (bicyclic) bond motifs is 1. The lowest BCUT2D eigenvalue weighted by molar-refractivity contribution is 0.688. The first-order chi connectivity index (χ1) is 16.1. The molecule has 0 fully saturated rings. The van der Waals surface area contributed by atoms with Crippen LogP contribution in [0.25, 0.3) is 28.0 Å². The normalized spacial score (nSPS) is 11.2. The Kier molecular flexibility index (Phi) is 5.63. The maximum atomic E-state index is 13.0. The van der Waals surface area contributed by atoms with Crippen molar-refractivity contribution in [3.8, 4) is 16.9 Å². The number of hydrogen-bond acceptors (Lipinski definition) is 3. The molecule has 0 radical (unpaired) electrons. The number of para-hydroxylation sites is 1. The van der Waals surface area contributed by atoms with Gasteiger partial charge in [0.15, 0.2) is 0 Å². The van der Waals surface area contributed by atoms with Crippen molar-refractivity contribution in [1.82, 2.24) is 20.1 Å². The van der Waals surface area contributed by atoms with Crippen LogP contribution in [-0.4, -0.2) is 14.8 Å². The van der Waals surface area contributed by atoms with Gasteiger partial charge in [0, 0.05) is 29.6 Å². The van der Waals surface area contributed by atoms with Gasteiger partial charge in [0.2, 0.25) is 0 Å². The minimum absolute atomic E-state index is 0.105. The SMILES string of the molecule is Cc1ccc(CNCc2cc3c(-c4ccc(C)cc4)nn(-c4ccccc4)c3[nH]c2=O)cc1. The molecule has 3 aromatic carbocycles. The fourth-order valence-corrected chi connectivity index (χ4v) is 3.97. The molecule has 0 unspecified atom stereocenters. The molecular weight excluding hydrogens is 408 g/mol. The van der Waals surface area contributed by atoms with E-state index < -0.39 is 0 Å². The number of aromatic nitrogens is 3. The first-order valence-corrected chi connectivity index (χ1v) is 11.1. The Labute approximate surface area is 192 Å². The van der Waals surface area contributed by atoms with E-state index in [1.165, 1.54) is 16.7 Å². The third kappa shape index (κ3) is 4.36. The Bertz CT molecular complexity index is 1450. The van der Waals surface area contributed by atoms with Crippen LogP contribution in [0.5, 0.6) is 0 Å². The van der Waals surface area contributed by atoms with Gasteiger partial charge in [-0.05, 0) is 37.6 Å². The van der Waals surface area contributed by atoms with Gasteiger partial charge < -0.3 is 10.3 Å². The number of nitrogens with one attached hydrogen (secondary N) is 2. The highest BCUT2D eigenvalue weighted by Crippen LogP contribution is 2.29. The average molecular weight is 435 g/mol. The fraction of sp³-hybridized carbons (Fsp3) is 0.143. The Morgan fingerprint density at radius 3 is 2.21 bits per heavy atom. The van der Waals surface area contributed by atoms with Crippen molar-refractivity contribution in [3.63, 3.8) is 0 Å². The highest BCUT2D eigenvalue weighted by atomic mass is 16.1. The third-order valence-electron chi connectivity index (χ3n) is 5.86. The van der Waals surface area contributed by atoms with Gasteiger partial charge >= 0.3 is 0 Å². The first-order valence-electron chi connectivity index (χ1n) is 11.1. The van der Waals surface area contributed by atoms with Crippen molar-refractivity contribution in [2.24, 2.45) is 0 Å². The van der Waals surface area contributed by atoms with E-state index in [4.69, 9.17) is 5.10 Å². The fourth-order valence-electron chi connectivity index (χ4n) is 3.97. The molecule has 2 heterocycles. The summed E-state index contributed by atoms with van der Waals surface area (Å²) in [4.78, 5) is 16.0. The van der Waals surface area contributed by atoms with Crippen LogP contribution in [-0.2, 0) is 13.1 Å². The second kappa shape index (κ2) is 8.88. The highest BCUT2D eigenvalue weighted by Gasteiger charge is 2.16. The number of H-pyrrole nitrogens is 1. The maximum absolute atomic E-state index is 13.0. The van der Waals surface area contributed by atoms with Crippen molar-refractivity contribution in [1.29, 1.82) is 0 Å². The van der Waals surface area contributed by atoms with E-state index in [2.05, 4.69) is 72.7 Å². The monoisotopic (exact) mass is 434 g/mol. The summed E-state index contributed by atoms with van der Waals surface area (Å²) in [5.74, 6) is 0. The van der Waals surface area contributed by atoms with Gasteiger partial charge in [-0.1, -0.05) is 77.9 Å². The van der Waals surface area contributed by atoms with E-state index in [0.29, 0.717) is 24.3 Å². The number of hydrogen-bond donors (Lipinski definition) is 2. The first kappa shape index (κ1) is 20.9. The summed E-state index contributed by atoms with van der Waals surface area (Å²) in [5, 5.41) is 9.23. The van der Waals surface area contributed by atoms with Gasteiger partial charge in [0.25, 0.3) is 5.56 Å². The lowest BCUT2D eigenvalue weighted by Crippen LogP contribution is -2.21. The third-order valence-corrected chi connectivity index (χ3v) is 5.86. The molecule has 0 aliphatic rings. The van der Waals surface area contributed by atoms with E-state index in [-0.39, 0.29) is 5.56 Å². The molecule has 0 aliphatic heterocycles. The van der Waals surface area contributed by atoms with Crippen LogP contribution in [0.15, 0.2) is 89.7 Å². The molecule has 0 saturated carbocycles. The number of pyridine rings is 1. The summed E-state index contributed by atoms with van der Waals surface area (Å²) in [6.45, 7) is 5.32. The summed E-state index contributed by atoms with van der Waals surface area (Å²) in [7, 11) is 0. The molecule has 2 N–H and O–H groups in total. The molecule has 0 spiro atoms. The van der Waals surface area contributed by atoms with Crippen LogP contribution in [0.3, 0.4) is 0 Å². The molecular formula is C28H26N4O. The molecule has 5 heteroatoms. The summed E-state index contributed by atoms with van der Waals surface area (Å²) in [6.07, 6.45) is 0. The van der Waals surface area contributed by atoms with E-state index >= 15 is 0 Å². The van der Waals surface area contributed by atoms with Gasteiger partial charge in [-0.15, -0.1) is 0 Å². The molecule has 33 heavy (non-hydrogen) atoms. The molecule has 2 aromatic heterocycles. The summed E-state index contributed by atoms with van der Waals surface area (Å²) < 4.78 is 1.81. The zero-order chi connectivity index (χ0) is 22.8. The summed E-state index contributed by atoms with van der Waals surface area (Å²) in [5.41, 5.74) is 7.68. The number of benzene rings is 3. The van der Waals surface area contributed by atoms with Crippen molar-refractivity contribution in [2.75, 3.05) is 0 Å². The minimum atomic E-state index is -0.105. The van der Waals surface area contributed by atoms with Gasteiger partial charge in [-0.2, -0.15) is 5.10 Å². The van der Waals surface area contributed by atoms with Crippen molar-refractivity contribution >= 4 is 11.0 Å². The second-order valence-electron chi connectivity index (χ2n) is 8.44. The maximum Gasteiger partial charge on any atom is 0.254 e. The molecule has 164 valence electrons. The number of aryl methyl sites for hydroxylation is 2. The van der Waals surface area contributed by atoms with Gasteiger partial charge in [0.05, 0.1) is 5.69 Å². The Balaban J connectivity index is 1.54. The standard InChI is InChI=1S/C28H26N4O/c1-19-8-12-21(13-9-19)17-29-18-23-16-25-26(22-14-10-20(2)11-15-22)31-32(27(25)30-28(23)33)24-6-4-3-5-7-24/h3-16,29H,17-18H2,1-2H3,(H,30,33). The lowest BCUT2D eigenvalue weighted by atomic mass is 10.1. The van der Waals surface area contributed by atoms with E-state index in [1.807, 2.05) is 41.1 Å². The van der Waals surface area contributed by atoms with Crippen LogP contribution in [0.4, 0.5) is 0 Å². The van der Waals surface area contributed by atoms with E-state index in [0.717, 1.165) is 22.3 Å². The van der Waals surface area contributed by atoms with Crippen LogP contribution >= 0.6 is 0 Å². The quantitative estimate of drug-likeness (QED) is 0.382. The molecule has 5 nitrogen and oxygen atoms in total. The van der Waals surface area contributed by atoms with Crippen LogP contribution < -0.4 is 10.9 Å². The lowest BCUT2D eigenvalue weighted by Gasteiger charge is -2.07. The number of nitrogens with zero attached hydrogens (tertiary/aromatic N) is 2. The van der Waals surface area contributed by atoms with E-state index in [9.17, 15) is 4.79 Å². The minimum Gasteiger partial charge on any atom is -0.308 e. The van der Waals surface area contributed by atoms with Crippen LogP contribution in [0.2, 0.25) is 0 Å². The van der Waals surface area contributed by atoms with Crippen LogP contribution in [0, 0.1) is 13.8 Å². The Morgan fingerprint density at radius 2 is 1.52 bits per heavy atom. The molecule has 5 aromatic rings. The predicted octanol–water partition coefficient (Wildman–Crippen LogP) is 5.29. The molecule has 0 amide bonds. The molecule has 0 bridgehead atoms. The molecule has 5 rings (SSSR count). The summed E-state index contributed by atoms with van der Waals surface area (Å²) >= 11 is 0. The van der Waals surface area contributed by atoms with Crippen molar-refractivity contribution in [2.45, 2.75) is 26.9 Å². The Hall–Kier alpha value is -3.96. The molecule has 0 saturated heterocycles. The van der Waals surface area contributed by atoms with Gasteiger partial charge in [-0.25, -0.2) is 4.68 Å². The zero-order valence-corrected chi connectivity index (χ0v) is 18.8. The van der Waals surface area contributed by atoms with Crippen LogP contribution in [0.1, 0.15) is 22.3 Å². The van der Waals surface area contributed by atoms with Gasteiger partial charge in [0.1, 0.15) is 11.3 Å². The second-order valence-corrected chi connectivity index (χ2v) is 8.44. The van der Waals surface area contributed by atoms with Crippen molar-refractivity contribution in [3.05, 3.63) is 118 Å². The van der Waals surface area contributed by atoms with Gasteiger partial charge in [-0.3, -0.25) is 4.79 Å². The highest BCUT2D eigenvalue weighted by molar-refractivity contribution is 5.92. The smallest absolute Gasteiger partial charge is 0.254 e. The topological polar surface area (TPSA) is 62.7 Å². The summed E-state index contributed by atoms with van der Waals surface area (Å²) in [6, 6.07) is 28.6. The number of rotatable bonds is 6. The largest absolute Gasteiger partial charge is 0.308 e. The van der Waals surface area contributed by atoms with E-state index in [1.54, 1.807) is 0 Å². The number of aromatic amines is 1. The Morgan fingerprint density at radius 1 is 0.848 bits per heavy atom. The zero-order valence-electron chi connectivity index (χ0n) is 18.8. The van der Waals surface area contributed by atoms with Crippen molar-refractivity contribution < 1.29 is 0 Å². The average Bonchev–Trinajstić information content (AvgIpc) is 3.19. The molecule has 0 atom stereocenters.